The van der Waals surface area contributed by atoms with Crippen molar-refractivity contribution in [2.75, 3.05) is 0 Å². The van der Waals surface area contributed by atoms with Gasteiger partial charge in [0.2, 0.25) is 0 Å². The fourth-order valence-corrected chi connectivity index (χ4v) is 8.22. The van der Waals surface area contributed by atoms with Crippen LogP contribution in [0, 0.1) is 45.3 Å². The molecule has 0 aromatic rings. The number of rotatable bonds is 5. The fraction of sp³-hybridized carbons (Fsp3) is 0.889. The summed E-state index contributed by atoms with van der Waals surface area (Å²) in [5, 5.41) is 20.6. The van der Waals surface area contributed by atoms with Gasteiger partial charge in [-0.3, -0.25) is 0 Å². The minimum atomic E-state index is -0.327. The second-order valence-electron chi connectivity index (χ2n) is 11.9. The Hall–Kier alpha value is -0.810. The molecule has 0 aromatic carbocycles. The van der Waals surface area contributed by atoms with Gasteiger partial charge in [-0.15, -0.1) is 0 Å². The fourth-order valence-electron chi connectivity index (χ4n) is 8.22. The predicted molar refractivity (Wildman–Crippen MR) is 119 cm³/mol. The molecule has 4 aliphatic carbocycles. The third-order valence-electron chi connectivity index (χ3n) is 10.2. The molecule has 3 unspecified atom stereocenters. The SMILES string of the molecule is CC(C)CCCCC1CCC2C3=C(CCC12C)[C@@]1(C)CC[C@H](O)C[C@@]1(C#N)CC3. The van der Waals surface area contributed by atoms with Crippen molar-refractivity contribution >= 4 is 0 Å². The lowest BCUT2D eigenvalue weighted by Gasteiger charge is -2.58. The third-order valence-corrected chi connectivity index (χ3v) is 10.2. The van der Waals surface area contributed by atoms with Gasteiger partial charge in [-0.25, -0.2) is 0 Å². The highest BCUT2D eigenvalue weighted by molar-refractivity contribution is 5.38. The molecule has 2 fully saturated rings. The van der Waals surface area contributed by atoms with E-state index in [1.807, 2.05) is 0 Å². The first-order valence-corrected chi connectivity index (χ1v) is 12.6. The van der Waals surface area contributed by atoms with Gasteiger partial charge in [-0.1, -0.05) is 58.1 Å². The number of aliphatic hydroxyl groups is 1. The summed E-state index contributed by atoms with van der Waals surface area (Å²) >= 11 is 0. The van der Waals surface area contributed by atoms with Gasteiger partial charge in [0.25, 0.3) is 0 Å². The van der Waals surface area contributed by atoms with Gasteiger partial charge in [0.1, 0.15) is 0 Å². The largest absolute Gasteiger partial charge is 0.393 e. The Morgan fingerprint density at radius 3 is 2.59 bits per heavy atom. The summed E-state index contributed by atoms with van der Waals surface area (Å²) in [5.74, 6) is 2.50. The summed E-state index contributed by atoms with van der Waals surface area (Å²) in [7, 11) is 0. The maximum absolute atomic E-state index is 10.4. The molecule has 0 amide bonds. The molecule has 0 aromatic heterocycles. The molecule has 162 valence electrons. The lowest BCUT2D eigenvalue weighted by molar-refractivity contribution is -0.0243. The summed E-state index contributed by atoms with van der Waals surface area (Å²) in [5.41, 5.74) is 3.61. The van der Waals surface area contributed by atoms with Gasteiger partial charge in [0.15, 0.2) is 0 Å². The van der Waals surface area contributed by atoms with Gasteiger partial charge in [0.05, 0.1) is 17.6 Å². The van der Waals surface area contributed by atoms with Crippen molar-refractivity contribution in [3.05, 3.63) is 11.1 Å². The Kier molecular flexibility index (Phi) is 5.69. The number of allylic oxidation sites excluding steroid dienone is 2. The van der Waals surface area contributed by atoms with Crippen LogP contribution in [-0.2, 0) is 0 Å². The van der Waals surface area contributed by atoms with E-state index < -0.39 is 0 Å². The van der Waals surface area contributed by atoms with E-state index >= 15 is 0 Å². The van der Waals surface area contributed by atoms with Crippen molar-refractivity contribution in [1.82, 2.24) is 0 Å². The average Bonchev–Trinajstić information content (AvgIpc) is 3.02. The van der Waals surface area contributed by atoms with Gasteiger partial charge in [-0.2, -0.15) is 5.26 Å². The lowest BCUT2D eigenvalue weighted by atomic mass is 9.45. The molecule has 29 heavy (non-hydrogen) atoms. The van der Waals surface area contributed by atoms with Crippen LogP contribution in [0.4, 0.5) is 0 Å². The predicted octanol–water partition coefficient (Wildman–Crippen LogP) is 7.18. The molecule has 1 N–H and O–H groups in total. The smallest absolute Gasteiger partial charge is 0.0700 e. The maximum Gasteiger partial charge on any atom is 0.0700 e. The van der Waals surface area contributed by atoms with Crippen molar-refractivity contribution < 1.29 is 5.11 Å². The molecule has 4 rings (SSSR count). The van der Waals surface area contributed by atoms with Crippen molar-refractivity contribution in [2.24, 2.45) is 34.0 Å². The zero-order valence-corrected chi connectivity index (χ0v) is 19.4. The summed E-state index contributed by atoms with van der Waals surface area (Å²) < 4.78 is 0. The molecule has 0 heterocycles. The number of nitriles is 1. The Balaban J connectivity index is 1.56. The number of fused-ring (bicyclic) bond motifs is 4. The number of aliphatic hydroxyl groups excluding tert-OH is 1. The van der Waals surface area contributed by atoms with Crippen molar-refractivity contribution in [3.63, 3.8) is 0 Å². The van der Waals surface area contributed by atoms with Crippen LogP contribution in [0.15, 0.2) is 11.1 Å². The zero-order chi connectivity index (χ0) is 20.9. The molecule has 0 radical (unpaired) electrons. The molecule has 2 heteroatoms. The summed E-state index contributed by atoms with van der Waals surface area (Å²) in [6, 6.07) is 2.75. The first-order chi connectivity index (χ1) is 13.8. The Morgan fingerprint density at radius 2 is 1.86 bits per heavy atom. The number of nitrogens with zero attached hydrogens (tertiary/aromatic N) is 1. The lowest BCUT2D eigenvalue weighted by Crippen LogP contribution is -2.51. The minimum Gasteiger partial charge on any atom is -0.393 e. The van der Waals surface area contributed by atoms with Crippen LogP contribution in [0.25, 0.3) is 0 Å². The van der Waals surface area contributed by atoms with Crippen LogP contribution in [0.2, 0.25) is 0 Å². The summed E-state index contributed by atoms with van der Waals surface area (Å²) in [6.07, 6.45) is 15.3. The maximum atomic E-state index is 10.4. The highest BCUT2D eigenvalue weighted by Gasteiger charge is 2.60. The number of unbranched alkanes of at least 4 members (excludes halogenated alkanes) is 1. The molecular weight excluding hydrogens is 354 g/mol. The zero-order valence-electron chi connectivity index (χ0n) is 19.4. The Labute approximate surface area is 179 Å². The number of hydrogen-bond donors (Lipinski definition) is 1. The van der Waals surface area contributed by atoms with Crippen LogP contribution >= 0.6 is 0 Å². The van der Waals surface area contributed by atoms with Gasteiger partial charge < -0.3 is 5.11 Å². The van der Waals surface area contributed by atoms with E-state index in [9.17, 15) is 10.4 Å². The van der Waals surface area contributed by atoms with E-state index in [1.54, 1.807) is 11.1 Å². The molecule has 0 bridgehead atoms. The monoisotopic (exact) mass is 397 g/mol. The van der Waals surface area contributed by atoms with E-state index in [1.165, 1.54) is 51.4 Å². The minimum absolute atomic E-state index is 0.00520. The molecule has 2 nitrogen and oxygen atoms in total. The van der Waals surface area contributed by atoms with Gasteiger partial charge in [0, 0.05) is 5.41 Å². The molecule has 0 saturated heterocycles. The van der Waals surface area contributed by atoms with Gasteiger partial charge >= 0.3 is 0 Å². The van der Waals surface area contributed by atoms with Crippen LogP contribution < -0.4 is 0 Å². The highest BCUT2D eigenvalue weighted by atomic mass is 16.3. The summed E-state index contributed by atoms with van der Waals surface area (Å²) in [4.78, 5) is 0. The second-order valence-corrected chi connectivity index (χ2v) is 11.9. The normalized spacial score (nSPS) is 44.2. The van der Waals surface area contributed by atoms with E-state index in [0.29, 0.717) is 11.8 Å². The Bertz CT molecular complexity index is 702. The molecule has 0 spiro atoms. The van der Waals surface area contributed by atoms with E-state index in [4.69, 9.17) is 0 Å². The average molecular weight is 398 g/mol. The third kappa shape index (κ3) is 3.31. The Morgan fingerprint density at radius 1 is 1.07 bits per heavy atom. The van der Waals surface area contributed by atoms with E-state index in [-0.39, 0.29) is 16.9 Å². The van der Waals surface area contributed by atoms with Crippen LogP contribution in [0.5, 0.6) is 0 Å². The summed E-state index contributed by atoms with van der Waals surface area (Å²) in [6.45, 7) is 9.69. The van der Waals surface area contributed by atoms with Crippen LogP contribution in [0.3, 0.4) is 0 Å². The first kappa shape index (κ1) is 21.4. The van der Waals surface area contributed by atoms with E-state index in [0.717, 1.165) is 43.4 Å². The molecule has 2 saturated carbocycles. The highest BCUT2D eigenvalue weighted by Crippen LogP contribution is 2.68. The van der Waals surface area contributed by atoms with Gasteiger partial charge in [-0.05, 0) is 87.4 Å². The second kappa shape index (κ2) is 7.71. The van der Waals surface area contributed by atoms with Crippen LogP contribution in [0.1, 0.15) is 111 Å². The van der Waals surface area contributed by atoms with Crippen LogP contribution in [-0.4, -0.2) is 11.2 Å². The quantitative estimate of drug-likeness (QED) is 0.394. The molecule has 0 aliphatic heterocycles. The molecular formula is C27H43NO. The van der Waals surface area contributed by atoms with Crippen molar-refractivity contribution in [1.29, 1.82) is 5.26 Å². The standard InChI is InChI=1S/C27H43NO/c1-19(2)7-5-6-8-20-9-10-23-22-12-16-27(18-28)17-21(29)11-15-26(27,4)24(22)13-14-25(20,23)3/h19-21,23,29H,5-17H2,1-4H3/t20?,21-,23?,25?,26+,27+/m0/s1. The van der Waals surface area contributed by atoms with Crippen molar-refractivity contribution in [2.45, 2.75) is 117 Å². The van der Waals surface area contributed by atoms with Crippen molar-refractivity contribution in [3.8, 4) is 6.07 Å². The first-order valence-electron chi connectivity index (χ1n) is 12.6. The number of hydrogen-bond acceptors (Lipinski definition) is 2. The molecule has 4 aliphatic rings. The topological polar surface area (TPSA) is 44.0 Å². The van der Waals surface area contributed by atoms with E-state index in [2.05, 4.69) is 33.8 Å². The molecule has 6 atom stereocenters.